The first kappa shape index (κ1) is 36.8. The number of phenols is 1. The molecule has 0 bridgehead atoms. The van der Waals surface area contributed by atoms with E-state index in [1.54, 1.807) is 42.5 Å². The first-order valence-electron chi connectivity index (χ1n) is 15.5. The second-order valence-corrected chi connectivity index (χ2v) is 12.7. The van der Waals surface area contributed by atoms with Crippen molar-refractivity contribution in [2.45, 2.75) is 64.4 Å². The van der Waals surface area contributed by atoms with E-state index >= 15 is 0 Å². The molecular formula is C37H36Cl2O8S. The van der Waals surface area contributed by atoms with Gasteiger partial charge in [-0.25, -0.2) is 4.79 Å². The summed E-state index contributed by atoms with van der Waals surface area (Å²) in [6.45, 7) is 3.82. The summed E-state index contributed by atoms with van der Waals surface area (Å²) in [5.74, 6) is -2.87. The number of aliphatic hydroxyl groups is 1. The molecule has 252 valence electrons. The molecule has 11 heteroatoms. The Bertz CT molecular complexity index is 1960. The number of aromatic hydroxyl groups is 1. The minimum atomic E-state index is -1.47. The molecule has 0 unspecified atom stereocenters. The van der Waals surface area contributed by atoms with Crippen LogP contribution in [-0.2, 0) is 6.42 Å². The monoisotopic (exact) mass is 710 g/mol. The number of allylic oxidation sites excluding steroid dienone is 3. The molecule has 0 amide bonds. The molecule has 3 aromatic rings. The predicted octanol–water partition coefficient (Wildman–Crippen LogP) is 7.02. The molecule has 0 radical (unpaired) electrons. The standard InChI is InChI=1S/C37H36Cl2O8S/c1-3-10-26-30(17-16-24(21(2)40)33(26)41)46-18-9-7-5-4-6-8-11-28(34(42)25-14-12-22(38)19-29(25)39)32-35(43)27-15-13-23(48)20-31(27)47-36(32)37(44)45/h4,6,8,11-12,14-17,19-20,28,34,41-42H,3,5,7,9-10,13,18H2,1-2H3,(H,44,45)/b6-4-,11-8+/t28-,34-/m0/s1. The molecule has 0 saturated carbocycles. The molecule has 0 saturated heterocycles. The number of phenolic OH excluding ortho intramolecular Hbond substituents is 1. The van der Waals surface area contributed by atoms with Crippen LogP contribution in [0.1, 0.15) is 95.6 Å². The van der Waals surface area contributed by atoms with E-state index in [1.807, 2.05) is 13.0 Å². The maximum atomic E-state index is 13.7. The van der Waals surface area contributed by atoms with Gasteiger partial charge in [-0.15, -0.1) is 0 Å². The molecular weight excluding hydrogens is 675 g/mol. The highest BCUT2D eigenvalue weighted by Crippen LogP contribution is 2.37. The summed E-state index contributed by atoms with van der Waals surface area (Å²) in [7, 11) is 0. The van der Waals surface area contributed by atoms with Crippen molar-refractivity contribution in [2.24, 2.45) is 0 Å². The number of rotatable bonds is 15. The van der Waals surface area contributed by atoms with Crippen molar-refractivity contribution >= 4 is 64.2 Å². The van der Waals surface area contributed by atoms with Crippen molar-refractivity contribution in [1.82, 2.24) is 0 Å². The Hall–Kier alpha value is -4.02. The van der Waals surface area contributed by atoms with E-state index in [-0.39, 0.29) is 43.9 Å². The van der Waals surface area contributed by atoms with Gasteiger partial charge in [0.2, 0.25) is 5.76 Å². The zero-order valence-electron chi connectivity index (χ0n) is 26.5. The number of aliphatic hydroxyl groups excluding tert-OH is 1. The van der Waals surface area contributed by atoms with Gasteiger partial charge in [0.1, 0.15) is 16.9 Å². The fourth-order valence-electron chi connectivity index (χ4n) is 5.48. The van der Waals surface area contributed by atoms with Crippen molar-refractivity contribution in [2.75, 3.05) is 6.61 Å². The van der Waals surface area contributed by atoms with Gasteiger partial charge >= 0.3 is 5.97 Å². The van der Waals surface area contributed by atoms with Crippen LogP contribution < -0.4 is 20.8 Å². The number of Topliss-reactive ketones (excluding diaryl/α,β-unsaturated/α-hetero) is 1. The van der Waals surface area contributed by atoms with Gasteiger partial charge in [0, 0.05) is 38.4 Å². The van der Waals surface area contributed by atoms with Gasteiger partial charge in [-0.1, -0.05) is 85.2 Å². The van der Waals surface area contributed by atoms with Gasteiger partial charge in [0.25, 0.3) is 0 Å². The summed E-state index contributed by atoms with van der Waals surface area (Å²) < 4.78 is 11.6. The highest BCUT2D eigenvalue weighted by atomic mass is 35.5. The number of aromatic carboxylic acids is 1. The Morgan fingerprint density at radius 1 is 1.15 bits per heavy atom. The van der Waals surface area contributed by atoms with Crippen molar-refractivity contribution in [1.29, 1.82) is 0 Å². The van der Waals surface area contributed by atoms with Crippen LogP contribution in [0.5, 0.6) is 11.5 Å². The third kappa shape index (κ3) is 8.71. The Morgan fingerprint density at radius 3 is 2.60 bits per heavy atom. The fourth-order valence-corrected chi connectivity index (χ4v) is 6.19. The number of carbonyl (C=O) groups excluding carboxylic acids is 1. The molecule has 1 aliphatic rings. The number of carboxylic acid groups (broad SMARTS) is 1. The number of halogens is 2. The first-order chi connectivity index (χ1) is 22.9. The second-order valence-electron chi connectivity index (χ2n) is 11.3. The average molecular weight is 712 g/mol. The summed E-state index contributed by atoms with van der Waals surface area (Å²) in [4.78, 5) is 38.4. The molecule has 0 spiro atoms. The van der Waals surface area contributed by atoms with Crippen LogP contribution in [0.2, 0.25) is 10.0 Å². The number of carboxylic acids is 1. The summed E-state index contributed by atoms with van der Waals surface area (Å²) >= 11 is 17.7. The summed E-state index contributed by atoms with van der Waals surface area (Å²) in [5, 5.41) is 32.8. The molecule has 48 heavy (non-hydrogen) atoms. The predicted molar refractivity (Wildman–Crippen MR) is 191 cm³/mol. The van der Waals surface area contributed by atoms with Gasteiger partial charge in [-0.2, -0.15) is 0 Å². The fraction of sp³-hybridized carbons (Fsp3) is 0.297. The second kappa shape index (κ2) is 16.9. The van der Waals surface area contributed by atoms with Crippen LogP contribution >= 0.6 is 35.4 Å². The molecule has 1 heterocycles. The van der Waals surface area contributed by atoms with Gasteiger partial charge in [0.05, 0.1) is 29.1 Å². The Kier molecular flexibility index (Phi) is 12.9. The van der Waals surface area contributed by atoms with E-state index in [1.165, 1.54) is 25.1 Å². The van der Waals surface area contributed by atoms with Crippen LogP contribution in [0.25, 0.3) is 12.2 Å². The van der Waals surface area contributed by atoms with Crippen molar-refractivity contribution in [3.63, 3.8) is 0 Å². The molecule has 0 aliphatic heterocycles. The number of hydrogen-bond donors (Lipinski definition) is 3. The van der Waals surface area contributed by atoms with E-state index in [2.05, 4.69) is 0 Å². The van der Waals surface area contributed by atoms with Crippen molar-refractivity contribution in [3.8, 4) is 11.5 Å². The minimum Gasteiger partial charge on any atom is -0.507 e. The zero-order chi connectivity index (χ0) is 35.0. The van der Waals surface area contributed by atoms with Crippen LogP contribution in [0.4, 0.5) is 0 Å². The molecule has 1 aliphatic carbocycles. The quantitative estimate of drug-likeness (QED) is 0.0658. The molecule has 3 N–H and O–H groups in total. The lowest BCUT2D eigenvalue weighted by Crippen LogP contribution is -2.45. The Labute approximate surface area is 293 Å². The molecule has 8 nitrogen and oxygen atoms in total. The van der Waals surface area contributed by atoms with E-state index < -0.39 is 29.2 Å². The van der Waals surface area contributed by atoms with E-state index in [9.17, 15) is 29.7 Å². The number of unbranched alkanes of at least 4 members (excludes halogenated alkanes) is 2. The number of carbonyl (C=O) groups is 2. The number of fused-ring (bicyclic) bond motifs is 1. The smallest absolute Gasteiger partial charge is 0.372 e. The lowest BCUT2D eigenvalue weighted by molar-refractivity contribution is 0.0650. The minimum absolute atomic E-state index is 0.0254. The first-order valence-corrected chi connectivity index (χ1v) is 16.7. The van der Waals surface area contributed by atoms with Crippen LogP contribution in [0, 0.1) is 0 Å². The zero-order valence-corrected chi connectivity index (χ0v) is 28.8. The van der Waals surface area contributed by atoms with Crippen molar-refractivity contribution in [3.05, 3.63) is 114 Å². The average Bonchev–Trinajstić information content (AvgIpc) is 3.03. The molecule has 1 aromatic heterocycles. The van der Waals surface area contributed by atoms with Gasteiger partial charge in [-0.05, 0) is 62.9 Å². The molecule has 2 aromatic carbocycles. The summed E-state index contributed by atoms with van der Waals surface area (Å²) in [5.41, 5.74) is 0.435. The number of benzene rings is 2. The molecule has 4 rings (SSSR count). The van der Waals surface area contributed by atoms with Gasteiger partial charge in [0.15, 0.2) is 11.2 Å². The third-order valence-corrected chi connectivity index (χ3v) is 8.71. The SMILES string of the molecule is CCCc1c(OCCCC/C=C\C=C\[C@@H](c2c(C(=O)O)oc3c(c2=O)=CCC(=S)C=3)[C@@H](O)c2ccc(Cl)cc2Cl)ccc(C(C)=O)c1O. The molecule has 2 atom stereocenters. The van der Waals surface area contributed by atoms with Crippen LogP contribution in [-0.4, -0.2) is 38.5 Å². The largest absolute Gasteiger partial charge is 0.507 e. The number of ether oxygens (including phenoxy) is 1. The van der Waals surface area contributed by atoms with E-state index in [0.717, 1.165) is 19.3 Å². The van der Waals surface area contributed by atoms with Crippen LogP contribution in [0.15, 0.2) is 63.8 Å². The Morgan fingerprint density at radius 2 is 1.92 bits per heavy atom. The maximum absolute atomic E-state index is 13.7. The van der Waals surface area contributed by atoms with E-state index in [0.29, 0.717) is 47.1 Å². The normalized spacial score (nSPS) is 14.0. The number of thiocarbonyl (C=S) groups is 1. The summed E-state index contributed by atoms with van der Waals surface area (Å²) in [6.07, 6.45) is 12.4. The lowest BCUT2D eigenvalue weighted by Gasteiger charge is -2.22. The van der Waals surface area contributed by atoms with Crippen LogP contribution in [0.3, 0.4) is 0 Å². The maximum Gasteiger partial charge on any atom is 0.372 e. The number of hydrogen-bond acceptors (Lipinski definition) is 8. The highest BCUT2D eigenvalue weighted by Gasteiger charge is 2.31. The lowest BCUT2D eigenvalue weighted by atomic mass is 9.87. The topological polar surface area (TPSA) is 134 Å². The van der Waals surface area contributed by atoms with Gasteiger partial charge < -0.3 is 24.5 Å². The third-order valence-electron chi connectivity index (χ3n) is 7.87. The summed E-state index contributed by atoms with van der Waals surface area (Å²) in [6, 6.07) is 7.82. The van der Waals surface area contributed by atoms with Crippen molar-refractivity contribution < 1.29 is 34.1 Å². The number of ketones is 1. The van der Waals surface area contributed by atoms with E-state index in [4.69, 9.17) is 44.6 Å². The Balaban J connectivity index is 1.52. The van der Waals surface area contributed by atoms with Gasteiger partial charge in [-0.3, -0.25) is 9.59 Å². The highest BCUT2D eigenvalue weighted by molar-refractivity contribution is 7.81. The molecule has 0 fully saturated rings.